The van der Waals surface area contributed by atoms with E-state index in [4.69, 9.17) is 4.74 Å². The lowest BCUT2D eigenvalue weighted by Crippen LogP contribution is -2.26. The molecule has 3 rings (SSSR count). The molecular formula is C19H21N3O2S. The summed E-state index contributed by atoms with van der Waals surface area (Å²) in [6, 6.07) is 13.5. The highest BCUT2D eigenvalue weighted by Gasteiger charge is 2.16. The van der Waals surface area contributed by atoms with E-state index in [9.17, 15) is 4.79 Å². The highest BCUT2D eigenvalue weighted by molar-refractivity contribution is 7.12. The number of aryl methyl sites for hydroxylation is 1. The number of carbonyl (C=O) groups excluding carboxylic acids is 1. The van der Waals surface area contributed by atoms with Gasteiger partial charge in [-0.1, -0.05) is 18.2 Å². The second-order valence-electron chi connectivity index (χ2n) is 5.72. The predicted molar refractivity (Wildman–Crippen MR) is 98.8 cm³/mol. The summed E-state index contributed by atoms with van der Waals surface area (Å²) in [5.74, 6) is 0.839. The smallest absolute Gasteiger partial charge is 0.264 e. The highest BCUT2D eigenvalue weighted by Crippen LogP contribution is 2.19. The second kappa shape index (κ2) is 7.98. The van der Waals surface area contributed by atoms with Gasteiger partial charge in [-0.15, -0.1) is 11.3 Å². The van der Waals surface area contributed by atoms with Crippen LogP contribution in [0.4, 0.5) is 0 Å². The average Bonchev–Trinajstić information content (AvgIpc) is 3.29. The summed E-state index contributed by atoms with van der Waals surface area (Å²) >= 11 is 1.45. The van der Waals surface area contributed by atoms with Gasteiger partial charge in [0, 0.05) is 25.4 Å². The first kappa shape index (κ1) is 17.2. The molecule has 130 valence electrons. The van der Waals surface area contributed by atoms with Crippen LogP contribution >= 0.6 is 11.3 Å². The third-order valence-corrected chi connectivity index (χ3v) is 4.83. The van der Waals surface area contributed by atoms with Gasteiger partial charge >= 0.3 is 0 Å². The molecule has 6 heteroatoms. The fraction of sp³-hybridized carbons (Fsp3) is 0.263. The fourth-order valence-corrected chi connectivity index (χ4v) is 3.42. The third kappa shape index (κ3) is 4.28. The van der Waals surface area contributed by atoms with Gasteiger partial charge in [-0.3, -0.25) is 9.48 Å². The molecule has 0 saturated heterocycles. The van der Waals surface area contributed by atoms with Crippen molar-refractivity contribution in [3.63, 3.8) is 0 Å². The third-order valence-electron chi connectivity index (χ3n) is 3.86. The molecule has 1 aromatic carbocycles. The molecule has 1 amide bonds. The predicted octanol–water partition coefficient (Wildman–Crippen LogP) is 3.82. The largest absolute Gasteiger partial charge is 0.489 e. The lowest BCUT2D eigenvalue weighted by Gasteiger charge is -2.16. The van der Waals surface area contributed by atoms with Gasteiger partial charge in [0.2, 0.25) is 0 Å². The zero-order valence-corrected chi connectivity index (χ0v) is 15.2. The van der Waals surface area contributed by atoms with Crippen molar-refractivity contribution in [2.24, 2.45) is 0 Å². The van der Waals surface area contributed by atoms with Crippen LogP contribution in [0.5, 0.6) is 5.75 Å². The number of nitrogens with zero attached hydrogens (tertiary/aromatic N) is 3. The summed E-state index contributed by atoms with van der Waals surface area (Å²) in [5.41, 5.74) is 2.03. The van der Waals surface area contributed by atoms with Crippen molar-refractivity contribution in [1.82, 2.24) is 14.7 Å². The molecule has 25 heavy (non-hydrogen) atoms. The number of rotatable bonds is 7. The van der Waals surface area contributed by atoms with Gasteiger partial charge in [-0.25, -0.2) is 0 Å². The molecular weight excluding hydrogens is 334 g/mol. The van der Waals surface area contributed by atoms with Crippen molar-refractivity contribution in [2.75, 3.05) is 7.05 Å². The van der Waals surface area contributed by atoms with Crippen molar-refractivity contribution in [1.29, 1.82) is 0 Å². The van der Waals surface area contributed by atoms with Crippen molar-refractivity contribution in [3.8, 4) is 5.75 Å². The monoisotopic (exact) mass is 355 g/mol. The van der Waals surface area contributed by atoms with Crippen LogP contribution in [0.25, 0.3) is 0 Å². The number of amides is 1. The Morgan fingerprint density at radius 3 is 2.84 bits per heavy atom. The van der Waals surface area contributed by atoms with E-state index in [2.05, 4.69) is 5.10 Å². The Hall–Kier alpha value is -2.60. The van der Waals surface area contributed by atoms with E-state index >= 15 is 0 Å². The highest BCUT2D eigenvalue weighted by atomic mass is 32.1. The van der Waals surface area contributed by atoms with E-state index in [0.29, 0.717) is 13.2 Å². The minimum absolute atomic E-state index is 0.0137. The molecule has 0 saturated carbocycles. The summed E-state index contributed by atoms with van der Waals surface area (Å²) in [5, 5.41) is 6.21. The van der Waals surface area contributed by atoms with Crippen LogP contribution in [0.2, 0.25) is 0 Å². The van der Waals surface area contributed by atoms with Gasteiger partial charge in [-0.2, -0.15) is 5.10 Å². The minimum Gasteiger partial charge on any atom is -0.489 e. The molecule has 0 fully saturated rings. The molecule has 3 aromatic rings. The molecule has 5 nitrogen and oxygen atoms in total. The first-order valence-corrected chi connectivity index (χ1v) is 9.06. The van der Waals surface area contributed by atoms with E-state index in [0.717, 1.165) is 28.4 Å². The number of ether oxygens (including phenoxy) is 1. The number of thiophene rings is 1. The number of carbonyl (C=O) groups is 1. The quantitative estimate of drug-likeness (QED) is 0.647. The molecule has 0 unspecified atom stereocenters. The van der Waals surface area contributed by atoms with E-state index < -0.39 is 0 Å². The Morgan fingerprint density at radius 2 is 2.08 bits per heavy atom. The molecule has 0 bridgehead atoms. The van der Waals surface area contributed by atoms with Crippen LogP contribution < -0.4 is 4.74 Å². The summed E-state index contributed by atoms with van der Waals surface area (Å²) in [6.07, 6.45) is 1.77. The minimum atomic E-state index is 0.0137. The molecule has 0 aliphatic carbocycles. The van der Waals surface area contributed by atoms with Crippen LogP contribution in [0, 0.1) is 0 Å². The molecule has 0 atom stereocenters. The van der Waals surface area contributed by atoms with E-state index in [1.165, 1.54) is 11.3 Å². The van der Waals surface area contributed by atoms with Gasteiger partial charge < -0.3 is 9.64 Å². The zero-order valence-electron chi connectivity index (χ0n) is 14.4. The van der Waals surface area contributed by atoms with Crippen molar-refractivity contribution < 1.29 is 9.53 Å². The zero-order chi connectivity index (χ0) is 17.6. The Kier molecular flexibility index (Phi) is 5.50. The first-order valence-electron chi connectivity index (χ1n) is 8.18. The lowest BCUT2D eigenvalue weighted by molar-refractivity contribution is 0.0786. The normalized spacial score (nSPS) is 10.6. The van der Waals surface area contributed by atoms with Gasteiger partial charge in [0.25, 0.3) is 5.91 Å². The number of hydrogen-bond donors (Lipinski definition) is 0. The van der Waals surface area contributed by atoms with Crippen LogP contribution in [0.1, 0.15) is 27.9 Å². The maximum Gasteiger partial charge on any atom is 0.264 e. The Morgan fingerprint density at radius 1 is 1.28 bits per heavy atom. The molecule has 2 heterocycles. The van der Waals surface area contributed by atoms with Gasteiger partial charge in [0.15, 0.2) is 0 Å². The fourth-order valence-electron chi connectivity index (χ4n) is 2.53. The molecule has 0 radical (unpaired) electrons. The van der Waals surface area contributed by atoms with Crippen molar-refractivity contribution in [2.45, 2.75) is 26.6 Å². The van der Waals surface area contributed by atoms with Crippen molar-refractivity contribution >= 4 is 17.2 Å². The maximum atomic E-state index is 12.6. The standard InChI is InChI=1S/C19H21N3O2S/c1-3-22-16(9-10-20-22)12-21(2)19(23)18-11-15(14-25-18)13-24-17-7-5-4-6-8-17/h4-11,14H,3,12-13H2,1-2H3. The summed E-state index contributed by atoms with van der Waals surface area (Å²) in [4.78, 5) is 15.1. The first-order chi connectivity index (χ1) is 12.2. The maximum absolute atomic E-state index is 12.6. The molecule has 0 spiro atoms. The summed E-state index contributed by atoms with van der Waals surface area (Å²) in [7, 11) is 1.81. The lowest BCUT2D eigenvalue weighted by atomic mass is 10.3. The Balaban J connectivity index is 1.60. The van der Waals surface area contributed by atoms with E-state index in [1.54, 1.807) is 11.1 Å². The topological polar surface area (TPSA) is 47.4 Å². The van der Waals surface area contributed by atoms with E-state index in [1.807, 2.05) is 66.5 Å². The molecule has 2 aromatic heterocycles. The molecule has 0 aliphatic heterocycles. The van der Waals surface area contributed by atoms with Gasteiger partial charge in [0.1, 0.15) is 12.4 Å². The van der Waals surface area contributed by atoms with Gasteiger partial charge in [0.05, 0.1) is 17.1 Å². The number of para-hydroxylation sites is 1. The summed E-state index contributed by atoms with van der Waals surface area (Å²) in [6.45, 7) is 3.83. The second-order valence-corrected chi connectivity index (χ2v) is 6.63. The van der Waals surface area contributed by atoms with Crippen molar-refractivity contribution in [3.05, 3.63) is 70.2 Å². The number of benzene rings is 1. The van der Waals surface area contributed by atoms with E-state index in [-0.39, 0.29) is 5.91 Å². The van der Waals surface area contributed by atoms with Crippen LogP contribution in [0.15, 0.2) is 54.0 Å². The molecule has 0 N–H and O–H groups in total. The summed E-state index contributed by atoms with van der Waals surface area (Å²) < 4.78 is 7.63. The molecule has 0 aliphatic rings. The number of hydrogen-bond acceptors (Lipinski definition) is 4. The van der Waals surface area contributed by atoms with Gasteiger partial charge in [-0.05, 0) is 36.6 Å². The average molecular weight is 355 g/mol. The Labute approximate surface area is 151 Å². The van der Waals surface area contributed by atoms with Crippen LogP contribution in [0.3, 0.4) is 0 Å². The van der Waals surface area contributed by atoms with Crippen LogP contribution in [-0.2, 0) is 19.7 Å². The number of aromatic nitrogens is 2. The van der Waals surface area contributed by atoms with Crippen LogP contribution in [-0.4, -0.2) is 27.6 Å². The Bertz CT molecular complexity index is 826. The SMILES string of the molecule is CCn1nccc1CN(C)C(=O)c1cc(COc2ccccc2)cs1.